The number of ether oxygens (including phenoxy) is 2. The molecule has 19 heavy (non-hydrogen) atoms. The SMILES string of the molecule is CCOC(=O)C(C)(COC1CCCCC1CC)NC. The summed E-state index contributed by atoms with van der Waals surface area (Å²) in [5.41, 5.74) is -0.744. The van der Waals surface area contributed by atoms with Crippen molar-refractivity contribution in [2.75, 3.05) is 20.3 Å². The van der Waals surface area contributed by atoms with E-state index in [9.17, 15) is 4.79 Å². The van der Waals surface area contributed by atoms with Crippen molar-refractivity contribution in [3.63, 3.8) is 0 Å². The van der Waals surface area contributed by atoms with Crippen molar-refractivity contribution < 1.29 is 14.3 Å². The predicted octanol–water partition coefficient (Wildman–Crippen LogP) is 2.51. The van der Waals surface area contributed by atoms with E-state index >= 15 is 0 Å². The Morgan fingerprint density at radius 3 is 2.58 bits per heavy atom. The summed E-state index contributed by atoms with van der Waals surface area (Å²) in [6, 6.07) is 0. The summed E-state index contributed by atoms with van der Waals surface area (Å²) in [5.74, 6) is 0.401. The van der Waals surface area contributed by atoms with Gasteiger partial charge in [-0.25, -0.2) is 4.79 Å². The van der Waals surface area contributed by atoms with Crippen LogP contribution in [0.25, 0.3) is 0 Å². The molecule has 3 unspecified atom stereocenters. The van der Waals surface area contributed by atoms with Crippen molar-refractivity contribution in [1.82, 2.24) is 5.32 Å². The van der Waals surface area contributed by atoms with Gasteiger partial charge < -0.3 is 14.8 Å². The first kappa shape index (κ1) is 16.4. The maximum atomic E-state index is 12.0. The molecule has 112 valence electrons. The van der Waals surface area contributed by atoms with E-state index in [1.54, 1.807) is 7.05 Å². The van der Waals surface area contributed by atoms with Gasteiger partial charge >= 0.3 is 5.97 Å². The highest BCUT2D eigenvalue weighted by molar-refractivity contribution is 5.80. The summed E-state index contributed by atoms with van der Waals surface area (Å²) in [7, 11) is 1.78. The van der Waals surface area contributed by atoms with Gasteiger partial charge in [0.2, 0.25) is 0 Å². The lowest BCUT2D eigenvalue weighted by atomic mass is 9.84. The first-order valence-electron chi connectivity index (χ1n) is 7.55. The van der Waals surface area contributed by atoms with Crippen LogP contribution >= 0.6 is 0 Å². The lowest BCUT2D eigenvalue weighted by Gasteiger charge is -2.34. The minimum Gasteiger partial charge on any atom is -0.465 e. The molecule has 0 radical (unpaired) electrons. The molecule has 0 aromatic carbocycles. The molecule has 0 spiro atoms. The number of esters is 1. The largest absolute Gasteiger partial charge is 0.465 e. The Hall–Kier alpha value is -0.610. The first-order valence-corrected chi connectivity index (χ1v) is 7.55. The average Bonchev–Trinajstić information content (AvgIpc) is 2.45. The molecule has 0 saturated heterocycles. The van der Waals surface area contributed by atoms with Gasteiger partial charge in [0.1, 0.15) is 5.54 Å². The van der Waals surface area contributed by atoms with Gasteiger partial charge in [0.25, 0.3) is 0 Å². The van der Waals surface area contributed by atoms with Gasteiger partial charge in [0, 0.05) is 0 Å². The van der Waals surface area contributed by atoms with Crippen LogP contribution in [0, 0.1) is 5.92 Å². The molecule has 1 aliphatic carbocycles. The van der Waals surface area contributed by atoms with Crippen molar-refractivity contribution in [1.29, 1.82) is 0 Å². The second kappa shape index (κ2) is 7.85. The third kappa shape index (κ3) is 4.46. The van der Waals surface area contributed by atoms with Crippen molar-refractivity contribution >= 4 is 5.97 Å². The van der Waals surface area contributed by atoms with E-state index in [0.717, 1.165) is 12.8 Å². The van der Waals surface area contributed by atoms with Crippen molar-refractivity contribution in [3.8, 4) is 0 Å². The van der Waals surface area contributed by atoms with Gasteiger partial charge in [0.05, 0.1) is 19.3 Å². The monoisotopic (exact) mass is 271 g/mol. The molecule has 3 atom stereocenters. The fourth-order valence-corrected chi connectivity index (χ4v) is 2.66. The van der Waals surface area contributed by atoms with Crippen LogP contribution < -0.4 is 5.32 Å². The summed E-state index contributed by atoms with van der Waals surface area (Å²) in [6.45, 7) is 6.66. The fraction of sp³-hybridized carbons (Fsp3) is 0.933. The Morgan fingerprint density at radius 2 is 2.00 bits per heavy atom. The van der Waals surface area contributed by atoms with E-state index in [1.165, 1.54) is 19.3 Å². The summed E-state index contributed by atoms with van der Waals surface area (Å²) in [4.78, 5) is 12.0. The zero-order valence-electron chi connectivity index (χ0n) is 12.8. The molecule has 1 aliphatic rings. The molecule has 1 rings (SSSR count). The van der Waals surface area contributed by atoms with Crippen LogP contribution in [0.4, 0.5) is 0 Å². The van der Waals surface area contributed by atoms with Gasteiger partial charge in [-0.15, -0.1) is 0 Å². The quantitative estimate of drug-likeness (QED) is 0.723. The highest BCUT2D eigenvalue weighted by atomic mass is 16.5. The van der Waals surface area contributed by atoms with Crippen molar-refractivity contribution in [2.45, 2.75) is 64.5 Å². The highest BCUT2D eigenvalue weighted by Crippen LogP contribution is 2.29. The van der Waals surface area contributed by atoms with E-state index in [-0.39, 0.29) is 5.97 Å². The van der Waals surface area contributed by atoms with E-state index in [4.69, 9.17) is 9.47 Å². The van der Waals surface area contributed by atoms with E-state index in [0.29, 0.717) is 25.2 Å². The van der Waals surface area contributed by atoms with Crippen LogP contribution in [0.2, 0.25) is 0 Å². The number of carbonyl (C=O) groups is 1. The molecule has 1 saturated carbocycles. The van der Waals surface area contributed by atoms with Crippen LogP contribution in [0.5, 0.6) is 0 Å². The second-order valence-corrected chi connectivity index (χ2v) is 5.60. The fourth-order valence-electron chi connectivity index (χ4n) is 2.66. The molecular formula is C15H29NO3. The van der Waals surface area contributed by atoms with Gasteiger partial charge in [-0.3, -0.25) is 0 Å². The Morgan fingerprint density at radius 1 is 1.32 bits per heavy atom. The maximum Gasteiger partial charge on any atom is 0.328 e. The summed E-state index contributed by atoms with van der Waals surface area (Å²) >= 11 is 0. The molecule has 1 N–H and O–H groups in total. The number of rotatable bonds is 7. The van der Waals surface area contributed by atoms with E-state index < -0.39 is 5.54 Å². The average molecular weight is 271 g/mol. The molecule has 4 heteroatoms. The van der Waals surface area contributed by atoms with Crippen LogP contribution in [0.1, 0.15) is 52.9 Å². The number of hydrogen-bond donors (Lipinski definition) is 1. The van der Waals surface area contributed by atoms with Crippen LogP contribution in [-0.4, -0.2) is 37.9 Å². The van der Waals surface area contributed by atoms with Gasteiger partial charge in [-0.05, 0) is 39.7 Å². The molecule has 0 bridgehead atoms. The number of carbonyl (C=O) groups excluding carboxylic acids is 1. The maximum absolute atomic E-state index is 12.0. The minimum absolute atomic E-state index is 0.235. The van der Waals surface area contributed by atoms with Crippen molar-refractivity contribution in [3.05, 3.63) is 0 Å². The Balaban J connectivity index is 2.53. The summed E-state index contributed by atoms with van der Waals surface area (Å²) < 4.78 is 11.2. The predicted molar refractivity (Wildman–Crippen MR) is 76.1 cm³/mol. The molecular weight excluding hydrogens is 242 g/mol. The first-order chi connectivity index (χ1) is 9.07. The van der Waals surface area contributed by atoms with Gasteiger partial charge in [-0.1, -0.05) is 26.2 Å². The Kier molecular flexibility index (Phi) is 6.80. The van der Waals surface area contributed by atoms with E-state index in [1.807, 2.05) is 13.8 Å². The highest BCUT2D eigenvalue weighted by Gasteiger charge is 2.35. The van der Waals surface area contributed by atoms with Crippen LogP contribution in [0.3, 0.4) is 0 Å². The number of likely N-dealkylation sites (N-methyl/N-ethyl adjacent to an activating group) is 1. The zero-order valence-corrected chi connectivity index (χ0v) is 12.8. The Bertz CT molecular complexity index is 283. The molecule has 0 heterocycles. The zero-order chi connectivity index (χ0) is 14.3. The smallest absolute Gasteiger partial charge is 0.328 e. The van der Waals surface area contributed by atoms with E-state index in [2.05, 4.69) is 12.2 Å². The molecule has 0 aromatic rings. The van der Waals surface area contributed by atoms with Gasteiger partial charge in [0.15, 0.2) is 0 Å². The number of hydrogen-bond acceptors (Lipinski definition) is 4. The second-order valence-electron chi connectivity index (χ2n) is 5.60. The lowest BCUT2D eigenvalue weighted by Crippen LogP contribution is -2.53. The lowest BCUT2D eigenvalue weighted by molar-refractivity contribution is -0.155. The molecule has 0 amide bonds. The van der Waals surface area contributed by atoms with Crippen LogP contribution in [0.15, 0.2) is 0 Å². The van der Waals surface area contributed by atoms with Crippen LogP contribution in [-0.2, 0) is 14.3 Å². The Labute approximate surface area is 117 Å². The third-order valence-corrected chi connectivity index (χ3v) is 4.23. The minimum atomic E-state index is -0.744. The topological polar surface area (TPSA) is 47.6 Å². The standard InChI is InChI=1S/C15H29NO3/c1-5-12-9-7-8-10-13(12)19-11-15(3,16-4)14(17)18-6-2/h12-13,16H,5-11H2,1-4H3. The summed E-state index contributed by atoms with van der Waals surface area (Å²) in [6.07, 6.45) is 6.34. The van der Waals surface area contributed by atoms with Gasteiger partial charge in [-0.2, -0.15) is 0 Å². The molecule has 0 aliphatic heterocycles. The molecule has 0 aromatic heterocycles. The summed E-state index contributed by atoms with van der Waals surface area (Å²) in [5, 5.41) is 3.04. The molecule has 1 fully saturated rings. The van der Waals surface area contributed by atoms with Crippen molar-refractivity contribution in [2.24, 2.45) is 5.92 Å². The molecule has 4 nitrogen and oxygen atoms in total. The normalized spacial score (nSPS) is 26.7. The number of nitrogens with one attached hydrogen (secondary N) is 1. The third-order valence-electron chi connectivity index (χ3n) is 4.23.